The van der Waals surface area contributed by atoms with E-state index in [-0.39, 0.29) is 78.3 Å². The van der Waals surface area contributed by atoms with Gasteiger partial charge in [0.15, 0.2) is 17.4 Å². The van der Waals surface area contributed by atoms with E-state index in [1.165, 1.54) is 0 Å². The minimum atomic E-state index is 0. The van der Waals surface area contributed by atoms with E-state index in [4.69, 9.17) is 0 Å². The van der Waals surface area contributed by atoms with Gasteiger partial charge < -0.3 is 0 Å². The Morgan fingerprint density at radius 2 is 1.00 bits per heavy atom. The standard InChI is InChI=1S/Al.AsH3.BH3.Be.Sb.8H/h;2*1H3;;;;;;;;;;. The van der Waals surface area contributed by atoms with Crippen molar-refractivity contribution in [2.24, 2.45) is 0 Å². The van der Waals surface area contributed by atoms with E-state index in [1.807, 2.05) is 0 Å². The summed E-state index contributed by atoms with van der Waals surface area (Å²) in [6.45, 7) is 0. The number of hydrogen-bond donors (Lipinski definition) is 0. The van der Waals surface area contributed by atoms with Crippen molar-refractivity contribution in [2.45, 2.75) is 0 Å². The van der Waals surface area contributed by atoms with Crippen LogP contribution in [-0.4, -0.2) is 78.3 Å². The molecule has 0 rings (SSSR count). The van der Waals surface area contributed by atoms with Gasteiger partial charge in [0.2, 0.25) is 0 Å². The molecule has 0 saturated heterocycles. The van der Waals surface area contributed by atoms with Crippen molar-refractivity contribution in [1.29, 1.82) is 0 Å². The Balaban J connectivity index is 0. The third-order valence-corrected chi connectivity index (χ3v) is 0. The van der Waals surface area contributed by atoms with E-state index in [0.29, 0.717) is 0 Å². The molecule has 0 aliphatic heterocycles. The predicted octanol–water partition coefficient (Wildman–Crippen LogP) is -5.65. The summed E-state index contributed by atoms with van der Waals surface area (Å²) in [7, 11) is 0. The molecule has 0 N–H and O–H groups in total. The van der Waals surface area contributed by atoms with Crippen molar-refractivity contribution in [2.75, 3.05) is 0 Å². The fourth-order valence-corrected chi connectivity index (χ4v) is 0. The zero-order valence-corrected chi connectivity index (χ0v) is 8.42. The molecule has 32 valence electrons. The molecule has 0 bridgehead atoms. The molecule has 1 unspecified atom stereocenters. The van der Waals surface area contributed by atoms with Gasteiger partial charge in [0.1, 0.15) is 0 Å². The Bertz CT molecular complexity index is 11.6. The van der Waals surface area contributed by atoms with Gasteiger partial charge in [-0.3, -0.25) is 0 Å². The molecule has 1 atom stereocenters. The second-order valence-electron chi connectivity index (χ2n) is 0. The fraction of sp³-hybridized carbons (Fsp3) is 0. The summed E-state index contributed by atoms with van der Waals surface area (Å²) in [5.74, 6) is 0. The van der Waals surface area contributed by atoms with E-state index in [0.717, 1.165) is 0 Å². The van der Waals surface area contributed by atoms with Crippen molar-refractivity contribution in [1.82, 2.24) is 0 Å². The van der Waals surface area contributed by atoms with Crippen LogP contribution in [0.4, 0.5) is 0 Å². The molecular weight excluding hydrogens is 243 g/mol. The van der Waals surface area contributed by atoms with Crippen molar-refractivity contribution in [3.05, 3.63) is 0 Å². The van der Waals surface area contributed by atoms with Crippen LogP contribution in [0.3, 0.4) is 0 Å². The van der Waals surface area contributed by atoms with Gasteiger partial charge in [-0.25, -0.2) is 0 Å². The SMILES string of the molecule is B.[AlH3].[AsH3].[BeH2].[SbH3]. The second kappa shape index (κ2) is 35.4. The average Bonchev–Trinajstić information content (AvgIpc) is 0. The third kappa shape index (κ3) is 23.0. The van der Waals surface area contributed by atoms with E-state index in [1.54, 1.807) is 0 Å². The van der Waals surface area contributed by atoms with Gasteiger partial charge in [-0.2, -0.15) is 0 Å². The summed E-state index contributed by atoms with van der Waals surface area (Å²) in [4.78, 5) is 0. The first kappa shape index (κ1) is 58.7. The summed E-state index contributed by atoms with van der Waals surface area (Å²) in [5, 5.41) is 0. The zero-order valence-electron chi connectivity index (χ0n) is 1.41. The zero-order chi connectivity index (χ0) is 0. The average molecular weight is 258 g/mol. The molecule has 0 aromatic rings. The van der Waals surface area contributed by atoms with Crippen molar-refractivity contribution >= 4 is 78.3 Å². The minimum absolute atomic E-state index is 0. The molecule has 0 aromatic carbocycles. The topological polar surface area (TPSA) is 0 Å². The van der Waals surface area contributed by atoms with Crippen LogP contribution < -0.4 is 0 Å². The molecule has 0 fully saturated rings. The summed E-state index contributed by atoms with van der Waals surface area (Å²) >= 11 is 0. The third-order valence-electron chi connectivity index (χ3n) is 0. The van der Waals surface area contributed by atoms with Gasteiger partial charge in [0.25, 0.3) is 0 Å². The summed E-state index contributed by atoms with van der Waals surface area (Å²) in [6.07, 6.45) is 0. The molecule has 0 aliphatic rings. The monoisotopic (exact) mass is 257 g/mol. The maximum atomic E-state index is 0. The Morgan fingerprint density at radius 1 is 1.00 bits per heavy atom. The van der Waals surface area contributed by atoms with Gasteiger partial charge in [0.05, 0.1) is 8.41 Å². The molecule has 0 aliphatic carbocycles. The van der Waals surface area contributed by atoms with E-state index >= 15 is 0 Å². The summed E-state index contributed by atoms with van der Waals surface area (Å²) in [5.41, 5.74) is 0. The Labute approximate surface area is 77.5 Å². The number of rotatable bonds is 0. The fourth-order valence-electron chi connectivity index (χ4n) is 0. The first-order valence-electron chi connectivity index (χ1n) is 0. The van der Waals surface area contributed by atoms with Crippen molar-refractivity contribution in [3.8, 4) is 0 Å². The van der Waals surface area contributed by atoms with Gasteiger partial charge >= 0.3 is 52.5 Å². The molecule has 0 nitrogen and oxygen atoms in total. The molecule has 0 amide bonds. The van der Waals surface area contributed by atoms with E-state index in [9.17, 15) is 0 Å². The normalized spacial score (nSPS) is 0. The first-order chi connectivity index (χ1) is 0. The van der Waals surface area contributed by atoms with Crippen LogP contribution in [0.25, 0.3) is 0 Å². The van der Waals surface area contributed by atoms with Crippen LogP contribution in [0.2, 0.25) is 0 Å². The van der Waals surface area contributed by atoms with Crippen LogP contribution in [0.1, 0.15) is 0 Å². The molecule has 0 radical (unpaired) electrons. The van der Waals surface area contributed by atoms with Crippen molar-refractivity contribution in [3.63, 3.8) is 0 Å². The quantitative estimate of drug-likeness (QED) is 0.380. The van der Waals surface area contributed by atoms with Crippen LogP contribution in [0, 0.1) is 0 Å². The molecule has 0 spiro atoms. The van der Waals surface area contributed by atoms with Gasteiger partial charge in [-0.15, -0.1) is 0 Å². The van der Waals surface area contributed by atoms with Crippen LogP contribution in [0.15, 0.2) is 0 Å². The molecule has 0 heterocycles. The molecule has 0 saturated carbocycles. The van der Waals surface area contributed by atoms with Crippen molar-refractivity contribution < 1.29 is 0 Å². The second-order valence-corrected chi connectivity index (χ2v) is 0. The van der Waals surface area contributed by atoms with E-state index < -0.39 is 0 Å². The first-order valence-corrected chi connectivity index (χ1v) is 0. The predicted molar refractivity (Wildman–Crippen MR) is 48.3 cm³/mol. The Kier molecular flexibility index (Phi) is 415. The van der Waals surface area contributed by atoms with Crippen LogP contribution in [-0.2, 0) is 0 Å². The van der Waals surface area contributed by atoms with Crippen LogP contribution in [0.5, 0.6) is 0 Å². The van der Waals surface area contributed by atoms with Crippen LogP contribution >= 0.6 is 0 Å². The van der Waals surface area contributed by atoms with Gasteiger partial charge in [-0.05, 0) is 0 Å². The Morgan fingerprint density at radius 3 is 1.00 bits per heavy atom. The number of hydrogen-bond acceptors (Lipinski definition) is 0. The Hall–Kier alpha value is 2.14. The maximum absolute atomic E-state index is 0. The molecule has 0 aromatic heterocycles. The van der Waals surface area contributed by atoms with Gasteiger partial charge in [-0.1, -0.05) is 0 Å². The van der Waals surface area contributed by atoms with E-state index in [2.05, 4.69) is 0 Å². The molecule has 5 heavy (non-hydrogen) atoms. The summed E-state index contributed by atoms with van der Waals surface area (Å²) < 4.78 is 0. The molecule has 5 heteroatoms. The summed E-state index contributed by atoms with van der Waals surface area (Å²) in [6, 6.07) is 0. The molecular formula is H14AlAsBBeSb. The van der Waals surface area contributed by atoms with Gasteiger partial charge in [0, 0.05) is 0 Å².